The van der Waals surface area contributed by atoms with Crippen molar-refractivity contribution in [3.63, 3.8) is 0 Å². The summed E-state index contributed by atoms with van der Waals surface area (Å²) in [6.07, 6.45) is 0. The van der Waals surface area contributed by atoms with Crippen LogP contribution in [0.1, 0.15) is 5.56 Å². The molecule has 0 aliphatic rings. The van der Waals surface area contributed by atoms with Gasteiger partial charge in [-0.15, -0.1) is 0 Å². The highest BCUT2D eigenvalue weighted by molar-refractivity contribution is 6.37. The summed E-state index contributed by atoms with van der Waals surface area (Å²) >= 11 is 11.9. The molecule has 0 aliphatic carbocycles. The number of nitrogens with one attached hydrogen (secondary N) is 1. The normalized spacial score (nSPS) is 10.2. The lowest BCUT2D eigenvalue weighted by molar-refractivity contribution is -0.118. The second kappa shape index (κ2) is 6.70. The summed E-state index contributed by atoms with van der Waals surface area (Å²) in [5.74, 6) is -0.0278. The molecule has 3 N–H and O–H groups in total. The fourth-order valence-electron chi connectivity index (χ4n) is 1.72. The molecular formula is C15H14Cl2N2O2. The molecule has 2 aromatic carbocycles. The summed E-state index contributed by atoms with van der Waals surface area (Å²) < 4.78 is 5.36. The topological polar surface area (TPSA) is 64.3 Å². The summed E-state index contributed by atoms with van der Waals surface area (Å²) in [6.45, 7) is 1.68. The Balaban J connectivity index is 2.01. The standard InChI is InChI=1S/C15H14Cl2N2O2/c1-9-5-6-10(18)7-13(9)19-14(20)8-21-15-11(16)3-2-4-12(15)17/h2-7H,8,18H2,1H3,(H,19,20). The van der Waals surface area contributed by atoms with Gasteiger partial charge in [0, 0.05) is 11.4 Å². The Bertz CT molecular complexity index is 654. The number of ether oxygens (including phenoxy) is 1. The molecule has 0 radical (unpaired) electrons. The molecule has 0 unspecified atom stereocenters. The first-order chi connectivity index (χ1) is 9.97. The van der Waals surface area contributed by atoms with Gasteiger partial charge in [-0.05, 0) is 36.8 Å². The van der Waals surface area contributed by atoms with Gasteiger partial charge in [0.2, 0.25) is 0 Å². The largest absolute Gasteiger partial charge is 0.481 e. The van der Waals surface area contributed by atoms with Gasteiger partial charge in [-0.1, -0.05) is 35.3 Å². The highest BCUT2D eigenvalue weighted by atomic mass is 35.5. The molecule has 2 rings (SSSR count). The minimum Gasteiger partial charge on any atom is -0.481 e. The summed E-state index contributed by atoms with van der Waals surface area (Å²) in [5, 5.41) is 3.44. The predicted molar refractivity (Wildman–Crippen MR) is 86.2 cm³/mol. The number of halogens is 2. The molecule has 0 fully saturated rings. The lowest BCUT2D eigenvalue weighted by atomic mass is 10.2. The Hall–Kier alpha value is -1.91. The zero-order valence-electron chi connectivity index (χ0n) is 11.3. The van der Waals surface area contributed by atoms with Gasteiger partial charge in [0.05, 0.1) is 10.0 Å². The summed E-state index contributed by atoms with van der Waals surface area (Å²) in [5.41, 5.74) is 7.82. The number of para-hydroxylation sites is 1. The third-order valence-electron chi connectivity index (χ3n) is 2.80. The molecule has 0 aromatic heterocycles. The van der Waals surface area contributed by atoms with Crippen LogP contribution in [-0.4, -0.2) is 12.5 Å². The van der Waals surface area contributed by atoms with Gasteiger partial charge in [0.1, 0.15) is 0 Å². The quantitative estimate of drug-likeness (QED) is 0.838. The first kappa shape index (κ1) is 15.5. The van der Waals surface area contributed by atoms with Crippen LogP contribution in [0.15, 0.2) is 36.4 Å². The van der Waals surface area contributed by atoms with E-state index in [1.54, 1.807) is 30.3 Å². The minimum absolute atomic E-state index is 0.197. The van der Waals surface area contributed by atoms with Crippen molar-refractivity contribution in [2.24, 2.45) is 0 Å². The molecule has 21 heavy (non-hydrogen) atoms. The van der Waals surface area contributed by atoms with Crippen LogP contribution in [0.25, 0.3) is 0 Å². The van der Waals surface area contributed by atoms with Crippen LogP contribution < -0.4 is 15.8 Å². The third kappa shape index (κ3) is 4.03. The Labute approximate surface area is 132 Å². The van der Waals surface area contributed by atoms with Gasteiger partial charge in [-0.25, -0.2) is 0 Å². The monoisotopic (exact) mass is 324 g/mol. The second-order valence-corrected chi connectivity index (χ2v) is 5.28. The number of hydrogen-bond donors (Lipinski definition) is 2. The van der Waals surface area contributed by atoms with E-state index in [-0.39, 0.29) is 12.5 Å². The molecule has 110 valence electrons. The van der Waals surface area contributed by atoms with Crippen LogP contribution in [0.3, 0.4) is 0 Å². The molecule has 0 saturated carbocycles. The van der Waals surface area contributed by atoms with Crippen LogP contribution in [0.4, 0.5) is 11.4 Å². The number of benzene rings is 2. The number of nitrogens with two attached hydrogens (primary N) is 1. The average Bonchev–Trinajstić information content (AvgIpc) is 2.42. The maximum absolute atomic E-state index is 11.9. The van der Waals surface area contributed by atoms with E-state index in [9.17, 15) is 4.79 Å². The van der Waals surface area contributed by atoms with Crippen LogP contribution >= 0.6 is 23.2 Å². The number of anilines is 2. The van der Waals surface area contributed by atoms with Crippen LogP contribution in [0.5, 0.6) is 5.75 Å². The molecule has 4 nitrogen and oxygen atoms in total. The average molecular weight is 325 g/mol. The number of hydrogen-bond acceptors (Lipinski definition) is 3. The zero-order chi connectivity index (χ0) is 15.4. The molecular weight excluding hydrogens is 311 g/mol. The van der Waals surface area contributed by atoms with Crippen molar-refractivity contribution in [3.05, 3.63) is 52.0 Å². The van der Waals surface area contributed by atoms with E-state index in [1.807, 2.05) is 13.0 Å². The van der Waals surface area contributed by atoms with E-state index in [0.717, 1.165) is 5.56 Å². The lowest BCUT2D eigenvalue weighted by Crippen LogP contribution is -2.21. The first-order valence-electron chi connectivity index (χ1n) is 6.20. The van der Waals surface area contributed by atoms with Crippen molar-refractivity contribution in [2.45, 2.75) is 6.92 Å². The molecule has 0 spiro atoms. The van der Waals surface area contributed by atoms with E-state index >= 15 is 0 Å². The highest BCUT2D eigenvalue weighted by Gasteiger charge is 2.10. The molecule has 0 atom stereocenters. The van der Waals surface area contributed by atoms with Crippen molar-refractivity contribution in [1.82, 2.24) is 0 Å². The smallest absolute Gasteiger partial charge is 0.262 e. The molecule has 0 bridgehead atoms. The van der Waals surface area contributed by atoms with Crippen LogP contribution in [-0.2, 0) is 4.79 Å². The maximum atomic E-state index is 11.9. The number of carbonyl (C=O) groups is 1. The molecule has 0 saturated heterocycles. The lowest BCUT2D eigenvalue weighted by Gasteiger charge is -2.11. The fraction of sp³-hybridized carbons (Fsp3) is 0.133. The van der Waals surface area contributed by atoms with Crippen LogP contribution in [0.2, 0.25) is 10.0 Å². The Morgan fingerprint density at radius 3 is 2.57 bits per heavy atom. The van der Waals surface area contributed by atoms with Crippen molar-refractivity contribution in [2.75, 3.05) is 17.7 Å². The zero-order valence-corrected chi connectivity index (χ0v) is 12.8. The number of carbonyl (C=O) groups excluding carboxylic acids is 1. The van der Waals surface area contributed by atoms with Gasteiger partial charge in [0.15, 0.2) is 12.4 Å². The third-order valence-corrected chi connectivity index (χ3v) is 3.40. The second-order valence-electron chi connectivity index (χ2n) is 4.46. The van der Waals surface area contributed by atoms with Gasteiger partial charge < -0.3 is 15.8 Å². The van der Waals surface area contributed by atoms with Crippen molar-refractivity contribution in [1.29, 1.82) is 0 Å². The molecule has 2 aromatic rings. The summed E-state index contributed by atoms with van der Waals surface area (Å²) in [4.78, 5) is 11.9. The number of rotatable bonds is 4. The van der Waals surface area contributed by atoms with E-state index < -0.39 is 0 Å². The van der Waals surface area contributed by atoms with E-state index in [2.05, 4.69) is 5.32 Å². The molecule has 6 heteroatoms. The molecule has 1 amide bonds. The van der Waals surface area contributed by atoms with E-state index in [0.29, 0.717) is 27.2 Å². The van der Waals surface area contributed by atoms with E-state index in [1.165, 1.54) is 0 Å². The SMILES string of the molecule is Cc1ccc(N)cc1NC(=O)COc1c(Cl)cccc1Cl. The Kier molecular flexibility index (Phi) is 4.94. The van der Waals surface area contributed by atoms with Gasteiger partial charge in [-0.3, -0.25) is 4.79 Å². The van der Waals surface area contributed by atoms with E-state index in [4.69, 9.17) is 33.7 Å². The van der Waals surface area contributed by atoms with Crippen molar-refractivity contribution < 1.29 is 9.53 Å². The van der Waals surface area contributed by atoms with Gasteiger partial charge >= 0.3 is 0 Å². The Morgan fingerprint density at radius 1 is 1.24 bits per heavy atom. The van der Waals surface area contributed by atoms with Crippen molar-refractivity contribution in [3.8, 4) is 5.75 Å². The molecule has 0 aliphatic heterocycles. The van der Waals surface area contributed by atoms with Crippen LogP contribution in [0, 0.1) is 6.92 Å². The number of amides is 1. The first-order valence-corrected chi connectivity index (χ1v) is 6.96. The summed E-state index contributed by atoms with van der Waals surface area (Å²) in [7, 11) is 0. The Morgan fingerprint density at radius 2 is 1.90 bits per heavy atom. The highest BCUT2D eigenvalue weighted by Crippen LogP contribution is 2.32. The predicted octanol–water partition coefficient (Wildman–Crippen LogP) is 3.90. The van der Waals surface area contributed by atoms with Gasteiger partial charge in [-0.2, -0.15) is 0 Å². The van der Waals surface area contributed by atoms with Gasteiger partial charge in [0.25, 0.3) is 5.91 Å². The maximum Gasteiger partial charge on any atom is 0.262 e. The van der Waals surface area contributed by atoms with Crippen molar-refractivity contribution >= 4 is 40.5 Å². The number of aryl methyl sites for hydroxylation is 1. The summed E-state index contributed by atoms with van der Waals surface area (Å²) in [6, 6.07) is 10.3. The molecule has 0 heterocycles. The number of nitrogen functional groups attached to an aromatic ring is 1. The minimum atomic E-state index is -0.320. The fourth-order valence-corrected chi connectivity index (χ4v) is 2.23.